The summed E-state index contributed by atoms with van der Waals surface area (Å²) in [5.74, 6) is -0.610. The number of carbonyl (C=O) groups is 2. The highest BCUT2D eigenvalue weighted by molar-refractivity contribution is 6.36. The van der Waals surface area contributed by atoms with E-state index in [1.807, 2.05) is 0 Å². The first-order valence-electron chi connectivity index (χ1n) is 6.38. The second-order valence-corrected chi connectivity index (χ2v) is 5.65. The van der Waals surface area contributed by atoms with Crippen molar-refractivity contribution in [3.63, 3.8) is 0 Å². The molecule has 0 saturated carbocycles. The van der Waals surface area contributed by atoms with E-state index in [0.717, 1.165) is 0 Å². The number of halogens is 3. The van der Waals surface area contributed by atoms with Crippen LogP contribution in [0.25, 0.3) is 0 Å². The minimum atomic E-state index is -0.563. The average Bonchev–Trinajstić information content (AvgIpc) is 2.52. The van der Waals surface area contributed by atoms with Crippen molar-refractivity contribution in [1.29, 1.82) is 0 Å². The quantitative estimate of drug-likeness (QED) is 0.806. The van der Waals surface area contributed by atoms with Crippen LogP contribution in [0.2, 0.25) is 15.1 Å². The fraction of sp³-hybridized carbons (Fsp3) is 0.0667. The number of rotatable bonds is 4. The van der Waals surface area contributed by atoms with Crippen LogP contribution in [0.3, 0.4) is 0 Å². The zero-order valence-electron chi connectivity index (χ0n) is 11.6. The van der Waals surface area contributed by atoms with Gasteiger partial charge in [-0.1, -0.05) is 34.8 Å². The summed E-state index contributed by atoms with van der Waals surface area (Å²) in [4.78, 5) is 23.5. The monoisotopic (exact) mass is 372 g/mol. The molecular weight excluding hydrogens is 363 g/mol. The van der Waals surface area contributed by atoms with Crippen LogP contribution in [-0.4, -0.2) is 18.4 Å². The molecule has 2 rings (SSSR count). The van der Waals surface area contributed by atoms with Gasteiger partial charge in [0, 0.05) is 10.0 Å². The van der Waals surface area contributed by atoms with Gasteiger partial charge < -0.3 is 4.74 Å². The van der Waals surface area contributed by atoms with E-state index in [1.165, 1.54) is 18.2 Å². The number of hydrogen-bond acceptors (Lipinski definition) is 3. The number of amides is 2. The molecule has 0 fully saturated rings. The van der Waals surface area contributed by atoms with E-state index >= 15 is 0 Å². The Hall–Kier alpha value is -1.95. The largest absolute Gasteiger partial charge is 0.484 e. The van der Waals surface area contributed by atoms with Gasteiger partial charge in [0.25, 0.3) is 11.8 Å². The summed E-state index contributed by atoms with van der Waals surface area (Å²) >= 11 is 17.4. The molecule has 0 unspecified atom stereocenters. The lowest BCUT2D eigenvalue weighted by Gasteiger charge is -2.09. The van der Waals surface area contributed by atoms with Crippen LogP contribution in [0.5, 0.6) is 5.75 Å². The van der Waals surface area contributed by atoms with Crippen LogP contribution in [0.4, 0.5) is 0 Å². The third kappa shape index (κ3) is 5.32. The highest BCUT2D eigenvalue weighted by Gasteiger charge is 2.11. The van der Waals surface area contributed by atoms with Crippen molar-refractivity contribution in [2.24, 2.45) is 0 Å². The van der Waals surface area contributed by atoms with E-state index in [4.69, 9.17) is 39.5 Å². The normalized spacial score (nSPS) is 10.0. The fourth-order valence-electron chi connectivity index (χ4n) is 1.58. The summed E-state index contributed by atoms with van der Waals surface area (Å²) in [7, 11) is 0. The maximum Gasteiger partial charge on any atom is 0.276 e. The van der Waals surface area contributed by atoms with Crippen molar-refractivity contribution in [1.82, 2.24) is 10.9 Å². The Labute approximate surface area is 147 Å². The minimum absolute atomic E-state index is 0.182. The molecule has 8 heteroatoms. The second kappa shape index (κ2) is 8.06. The highest BCUT2D eigenvalue weighted by atomic mass is 35.5. The number of ether oxygens (including phenoxy) is 1. The summed E-state index contributed by atoms with van der Waals surface area (Å²) in [6.07, 6.45) is 0. The van der Waals surface area contributed by atoms with Gasteiger partial charge in [-0.15, -0.1) is 0 Å². The Morgan fingerprint density at radius 2 is 1.57 bits per heavy atom. The topological polar surface area (TPSA) is 67.4 Å². The summed E-state index contributed by atoms with van der Waals surface area (Å²) in [5.41, 5.74) is 4.65. The number of carbonyl (C=O) groups excluding carboxylic acids is 2. The molecule has 0 saturated heterocycles. The molecule has 0 radical (unpaired) electrons. The molecule has 2 aromatic rings. The van der Waals surface area contributed by atoms with Crippen molar-refractivity contribution >= 4 is 46.6 Å². The summed E-state index contributed by atoms with van der Waals surface area (Å²) in [6.45, 7) is -0.268. The lowest BCUT2D eigenvalue weighted by Crippen LogP contribution is -2.43. The van der Waals surface area contributed by atoms with Gasteiger partial charge in [-0.2, -0.15) is 0 Å². The SMILES string of the molecule is O=C(COc1ccc(Cl)cc1)NNC(=O)c1ccc(Cl)cc1Cl. The van der Waals surface area contributed by atoms with E-state index < -0.39 is 11.8 Å². The molecule has 23 heavy (non-hydrogen) atoms. The van der Waals surface area contributed by atoms with Gasteiger partial charge in [-0.3, -0.25) is 20.4 Å². The van der Waals surface area contributed by atoms with Crippen LogP contribution in [0.15, 0.2) is 42.5 Å². The number of nitrogens with one attached hydrogen (secondary N) is 2. The minimum Gasteiger partial charge on any atom is -0.484 e. The Bertz CT molecular complexity index is 720. The van der Waals surface area contributed by atoms with Crippen molar-refractivity contribution in [3.8, 4) is 5.75 Å². The Morgan fingerprint density at radius 1 is 0.913 bits per heavy atom. The third-order valence-electron chi connectivity index (χ3n) is 2.67. The second-order valence-electron chi connectivity index (χ2n) is 4.37. The van der Waals surface area contributed by atoms with Crippen LogP contribution in [0, 0.1) is 0 Å². The van der Waals surface area contributed by atoms with Crippen molar-refractivity contribution in [2.45, 2.75) is 0 Å². The first kappa shape index (κ1) is 17.4. The molecule has 0 aliphatic carbocycles. The van der Waals surface area contributed by atoms with Crippen molar-refractivity contribution in [3.05, 3.63) is 63.1 Å². The molecule has 2 amide bonds. The Balaban J connectivity index is 1.81. The predicted octanol–water partition coefficient (Wildman–Crippen LogP) is 3.49. The maximum atomic E-state index is 11.9. The maximum absolute atomic E-state index is 11.9. The Morgan fingerprint density at radius 3 is 2.22 bits per heavy atom. The van der Waals surface area contributed by atoms with E-state index in [0.29, 0.717) is 15.8 Å². The summed E-state index contributed by atoms with van der Waals surface area (Å²) in [6, 6.07) is 10.9. The molecule has 0 bridgehead atoms. The highest BCUT2D eigenvalue weighted by Crippen LogP contribution is 2.20. The van der Waals surface area contributed by atoms with Crippen LogP contribution >= 0.6 is 34.8 Å². The van der Waals surface area contributed by atoms with Gasteiger partial charge in [0.2, 0.25) is 0 Å². The van der Waals surface area contributed by atoms with E-state index in [-0.39, 0.29) is 17.2 Å². The molecule has 120 valence electrons. The molecule has 0 aliphatic rings. The van der Waals surface area contributed by atoms with E-state index in [9.17, 15) is 9.59 Å². The van der Waals surface area contributed by atoms with E-state index in [1.54, 1.807) is 24.3 Å². The molecule has 0 spiro atoms. The lowest BCUT2D eigenvalue weighted by molar-refractivity contribution is -0.123. The smallest absolute Gasteiger partial charge is 0.276 e. The molecule has 2 N–H and O–H groups in total. The van der Waals surface area contributed by atoms with Gasteiger partial charge >= 0.3 is 0 Å². The van der Waals surface area contributed by atoms with Crippen LogP contribution in [0.1, 0.15) is 10.4 Å². The van der Waals surface area contributed by atoms with Crippen LogP contribution in [-0.2, 0) is 4.79 Å². The molecule has 5 nitrogen and oxygen atoms in total. The molecule has 0 aromatic heterocycles. The molecule has 0 heterocycles. The first-order chi connectivity index (χ1) is 11.0. The number of hydrazine groups is 1. The van der Waals surface area contributed by atoms with Crippen molar-refractivity contribution in [2.75, 3.05) is 6.61 Å². The third-order valence-corrected chi connectivity index (χ3v) is 3.47. The molecule has 2 aromatic carbocycles. The first-order valence-corrected chi connectivity index (χ1v) is 7.51. The van der Waals surface area contributed by atoms with Gasteiger partial charge in [0.05, 0.1) is 10.6 Å². The van der Waals surface area contributed by atoms with Gasteiger partial charge in [-0.05, 0) is 42.5 Å². The van der Waals surface area contributed by atoms with Crippen LogP contribution < -0.4 is 15.6 Å². The Kier molecular flexibility index (Phi) is 6.10. The molecular formula is C15H11Cl3N2O3. The fourth-order valence-corrected chi connectivity index (χ4v) is 2.20. The lowest BCUT2D eigenvalue weighted by atomic mass is 10.2. The summed E-state index contributed by atoms with van der Waals surface area (Å²) in [5, 5.41) is 1.16. The van der Waals surface area contributed by atoms with Gasteiger partial charge in [-0.25, -0.2) is 0 Å². The molecule has 0 aliphatic heterocycles. The van der Waals surface area contributed by atoms with Crippen molar-refractivity contribution < 1.29 is 14.3 Å². The average molecular weight is 374 g/mol. The van der Waals surface area contributed by atoms with Gasteiger partial charge in [0.15, 0.2) is 6.61 Å². The number of hydrogen-bond donors (Lipinski definition) is 2. The standard InChI is InChI=1S/C15H11Cl3N2O3/c16-9-1-4-11(5-2-9)23-8-14(21)19-20-15(22)12-6-3-10(17)7-13(12)18/h1-7H,8H2,(H,19,21)(H,20,22). The van der Waals surface area contributed by atoms with Gasteiger partial charge in [0.1, 0.15) is 5.75 Å². The predicted molar refractivity (Wildman–Crippen MR) is 89.0 cm³/mol. The zero-order valence-corrected chi connectivity index (χ0v) is 13.9. The molecule has 0 atom stereocenters. The summed E-state index contributed by atoms with van der Waals surface area (Å²) < 4.78 is 5.23. The number of benzene rings is 2. The zero-order chi connectivity index (χ0) is 16.8. The van der Waals surface area contributed by atoms with E-state index in [2.05, 4.69) is 10.9 Å².